The van der Waals surface area contributed by atoms with Crippen LogP contribution in [0.5, 0.6) is 5.75 Å². The first-order chi connectivity index (χ1) is 9.45. The van der Waals surface area contributed by atoms with Gasteiger partial charge in [0.05, 0.1) is 14.5 Å². The van der Waals surface area contributed by atoms with Crippen molar-refractivity contribution in [2.24, 2.45) is 0 Å². The minimum absolute atomic E-state index is 0.118. The highest BCUT2D eigenvalue weighted by molar-refractivity contribution is 9.11. The summed E-state index contributed by atoms with van der Waals surface area (Å²) >= 11 is 6.46. The van der Waals surface area contributed by atoms with E-state index in [2.05, 4.69) is 37.2 Å². The number of halogens is 2. The fourth-order valence-electron chi connectivity index (χ4n) is 1.41. The molecular weight excluding hydrogens is 394 g/mol. The molecule has 0 aliphatic rings. The van der Waals surface area contributed by atoms with Crippen LogP contribution in [-0.4, -0.2) is 30.1 Å². The Hall–Kier alpha value is -1.08. The maximum Gasteiger partial charge on any atom is 0.335 e. The van der Waals surface area contributed by atoms with Crippen molar-refractivity contribution in [2.45, 2.75) is 19.8 Å². The molecule has 110 valence electrons. The zero-order chi connectivity index (χ0) is 15.1. The van der Waals surface area contributed by atoms with Crippen LogP contribution in [0.3, 0.4) is 0 Å². The Bertz CT molecular complexity index is 482. The summed E-state index contributed by atoms with van der Waals surface area (Å²) in [5.41, 5.74) is 0.128. The summed E-state index contributed by atoms with van der Waals surface area (Å²) in [7, 11) is 0. The Morgan fingerprint density at radius 1 is 1.30 bits per heavy atom. The molecule has 0 unspecified atom stereocenters. The highest BCUT2D eigenvalue weighted by Gasteiger charge is 2.13. The van der Waals surface area contributed by atoms with E-state index in [9.17, 15) is 9.59 Å². The van der Waals surface area contributed by atoms with E-state index in [0.717, 1.165) is 12.8 Å². The van der Waals surface area contributed by atoms with E-state index in [4.69, 9.17) is 9.84 Å². The second-order valence-corrected chi connectivity index (χ2v) is 5.78. The van der Waals surface area contributed by atoms with Gasteiger partial charge in [-0.05, 0) is 50.4 Å². The number of aromatic carboxylic acids is 1. The number of carbonyl (C=O) groups is 2. The van der Waals surface area contributed by atoms with Crippen molar-refractivity contribution in [1.29, 1.82) is 0 Å². The van der Waals surface area contributed by atoms with Gasteiger partial charge in [0.1, 0.15) is 5.75 Å². The average Bonchev–Trinajstić information content (AvgIpc) is 2.37. The number of carboxylic acid groups (broad SMARTS) is 1. The van der Waals surface area contributed by atoms with E-state index in [0.29, 0.717) is 21.2 Å². The van der Waals surface area contributed by atoms with E-state index in [-0.39, 0.29) is 18.1 Å². The quantitative estimate of drug-likeness (QED) is 0.679. The molecule has 0 heterocycles. The first-order valence-electron chi connectivity index (χ1n) is 6.07. The lowest BCUT2D eigenvalue weighted by atomic mass is 10.2. The van der Waals surface area contributed by atoms with Gasteiger partial charge in [-0.2, -0.15) is 0 Å². The van der Waals surface area contributed by atoms with E-state index in [1.54, 1.807) is 0 Å². The lowest BCUT2D eigenvalue weighted by Gasteiger charge is -2.11. The Balaban J connectivity index is 2.64. The van der Waals surface area contributed by atoms with Gasteiger partial charge in [0.15, 0.2) is 6.61 Å². The topological polar surface area (TPSA) is 75.6 Å². The van der Waals surface area contributed by atoms with Crippen LogP contribution < -0.4 is 10.1 Å². The molecule has 0 spiro atoms. The Labute approximate surface area is 134 Å². The van der Waals surface area contributed by atoms with Gasteiger partial charge in [-0.25, -0.2) is 4.79 Å². The number of rotatable bonds is 7. The number of ether oxygens (including phenoxy) is 1. The van der Waals surface area contributed by atoms with E-state index >= 15 is 0 Å². The predicted molar refractivity (Wildman–Crippen MR) is 82.2 cm³/mol. The van der Waals surface area contributed by atoms with Crippen LogP contribution in [0.15, 0.2) is 21.1 Å². The number of amides is 1. The zero-order valence-corrected chi connectivity index (χ0v) is 14.1. The van der Waals surface area contributed by atoms with Gasteiger partial charge in [0.2, 0.25) is 0 Å². The average molecular weight is 409 g/mol. The molecule has 1 amide bonds. The summed E-state index contributed by atoms with van der Waals surface area (Å²) < 4.78 is 6.35. The molecule has 0 saturated heterocycles. The molecule has 0 aromatic heterocycles. The summed E-state index contributed by atoms with van der Waals surface area (Å²) in [6.45, 7) is 2.55. The molecule has 0 aliphatic carbocycles. The number of nitrogens with one attached hydrogen (secondary N) is 1. The van der Waals surface area contributed by atoms with Crippen molar-refractivity contribution in [2.75, 3.05) is 13.2 Å². The summed E-state index contributed by atoms with van der Waals surface area (Å²) in [5.74, 6) is -0.838. The summed E-state index contributed by atoms with van der Waals surface area (Å²) in [6, 6.07) is 2.86. The van der Waals surface area contributed by atoms with Gasteiger partial charge in [-0.3, -0.25) is 4.79 Å². The van der Waals surface area contributed by atoms with Gasteiger partial charge >= 0.3 is 5.97 Å². The van der Waals surface area contributed by atoms with Crippen molar-refractivity contribution in [3.8, 4) is 5.75 Å². The van der Waals surface area contributed by atoms with Gasteiger partial charge in [0.25, 0.3) is 5.91 Å². The fraction of sp³-hybridized carbons (Fsp3) is 0.385. The SMILES string of the molecule is CCCCNC(=O)COc1c(Br)cc(C(=O)O)cc1Br. The van der Waals surface area contributed by atoms with E-state index in [1.165, 1.54) is 12.1 Å². The monoisotopic (exact) mass is 407 g/mol. The zero-order valence-electron chi connectivity index (χ0n) is 10.9. The molecule has 0 fully saturated rings. The molecule has 0 aliphatic heterocycles. The number of carboxylic acids is 1. The minimum Gasteiger partial charge on any atom is -0.481 e. The van der Waals surface area contributed by atoms with Crippen LogP contribution in [-0.2, 0) is 4.79 Å². The highest BCUT2D eigenvalue weighted by Crippen LogP contribution is 2.34. The maximum atomic E-state index is 11.5. The summed E-state index contributed by atoms with van der Waals surface area (Å²) in [6.07, 6.45) is 1.93. The lowest BCUT2D eigenvalue weighted by molar-refractivity contribution is -0.123. The largest absolute Gasteiger partial charge is 0.481 e. The number of benzene rings is 1. The predicted octanol–water partition coefficient (Wildman–Crippen LogP) is 3.20. The molecule has 1 aromatic carbocycles. The van der Waals surface area contributed by atoms with Crippen LogP contribution in [0.1, 0.15) is 30.1 Å². The molecular formula is C13H15Br2NO4. The smallest absolute Gasteiger partial charge is 0.335 e. The number of unbranched alkanes of at least 4 members (excludes halogenated alkanes) is 1. The molecule has 0 bridgehead atoms. The van der Waals surface area contributed by atoms with Crippen molar-refractivity contribution < 1.29 is 19.4 Å². The molecule has 2 N–H and O–H groups in total. The molecule has 5 nitrogen and oxygen atoms in total. The first-order valence-corrected chi connectivity index (χ1v) is 7.66. The molecule has 0 atom stereocenters. The number of carbonyl (C=O) groups excluding carboxylic acids is 1. The maximum absolute atomic E-state index is 11.5. The van der Waals surface area contributed by atoms with Crippen molar-refractivity contribution in [3.63, 3.8) is 0 Å². The third kappa shape index (κ3) is 5.13. The Kier molecular flexibility index (Phi) is 7.01. The van der Waals surface area contributed by atoms with Crippen molar-refractivity contribution >= 4 is 43.7 Å². The van der Waals surface area contributed by atoms with Crippen LogP contribution in [0.4, 0.5) is 0 Å². The molecule has 20 heavy (non-hydrogen) atoms. The Morgan fingerprint density at radius 3 is 2.40 bits per heavy atom. The fourth-order valence-corrected chi connectivity index (χ4v) is 2.83. The van der Waals surface area contributed by atoms with Crippen molar-refractivity contribution in [1.82, 2.24) is 5.32 Å². The third-order valence-electron chi connectivity index (χ3n) is 2.45. The standard InChI is InChI=1S/C13H15Br2NO4/c1-2-3-4-16-11(17)7-20-12-9(14)5-8(13(18)19)6-10(12)15/h5-6H,2-4,7H2,1H3,(H,16,17)(H,18,19). The second-order valence-electron chi connectivity index (χ2n) is 4.07. The highest BCUT2D eigenvalue weighted by atomic mass is 79.9. The lowest BCUT2D eigenvalue weighted by Crippen LogP contribution is -2.29. The summed E-state index contributed by atoms with van der Waals surface area (Å²) in [4.78, 5) is 22.4. The van der Waals surface area contributed by atoms with Gasteiger partial charge in [-0.15, -0.1) is 0 Å². The van der Waals surface area contributed by atoms with Crippen LogP contribution in [0.25, 0.3) is 0 Å². The van der Waals surface area contributed by atoms with Gasteiger partial charge in [-0.1, -0.05) is 13.3 Å². The molecule has 0 radical (unpaired) electrons. The molecule has 0 saturated carbocycles. The Morgan fingerprint density at radius 2 is 1.90 bits per heavy atom. The van der Waals surface area contributed by atoms with Crippen LogP contribution >= 0.6 is 31.9 Å². The number of hydrogen-bond donors (Lipinski definition) is 2. The van der Waals surface area contributed by atoms with E-state index in [1.807, 2.05) is 6.92 Å². The van der Waals surface area contributed by atoms with Gasteiger partial charge in [0, 0.05) is 6.54 Å². The molecule has 1 aromatic rings. The van der Waals surface area contributed by atoms with Crippen LogP contribution in [0, 0.1) is 0 Å². The second kappa shape index (κ2) is 8.26. The minimum atomic E-state index is -1.03. The normalized spacial score (nSPS) is 10.2. The van der Waals surface area contributed by atoms with Crippen molar-refractivity contribution in [3.05, 3.63) is 26.6 Å². The van der Waals surface area contributed by atoms with Gasteiger partial charge < -0.3 is 15.2 Å². The van der Waals surface area contributed by atoms with E-state index < -0.39 is 5.97 Å². The third-order valence-corrected chi connectivity index (χ3v) is 3.62. The van der Waals surface area contributed by atoms with Crippen LogP contribution in [0.2, 0.25) is 0 Å². The molecule has 7 heteroatoms. The number of hydrogen-bond acceptors (Lipinski definition) is 3. The molecule has 1 rings (SSSR count). The first kappa shape index (κ1) is 17.0. The summed E-state index contributed by atoms with van der Waals surface area (Å²) in [5, 5.41) is 11.7.